The van der Waals surface area contributed by atoms with Gasteiger partial charge in [-0.25, -0.2) is 4.79 Å². The van der Waals surface area contributed by atoms with Gasteiger partial charge in [0, 0.05) is 29.7 Å². The van der Waals surface area contributed by atoms with Crippen molar-refractivity contribution in [2.75, 3.05) is 0 Å². The van der Waals surface area contributed by atoms with Crippen LogP contribution in [0.5, 0.6) is 46.0 Å². The molecule has 10 heteroatoms. The van der Waals surface area contributed by atoms with Crippen molar-refractivity contribution in [2.45, 2.75) is 25.6 Å². The zero-order valence-corrected chi connectivity index (χ0v) is 17.2. The lowest BCUT2D eigenvalue weighted by molar-refractivity contribution is -0.0189. The first-order valence-corrected chi connectivity index (χ1v) is 9.75. The summed E-state index contributed by atoms with van der Waals surface area (Å²) in [5.41, 5.74) is 0.571. The number of carbonyl (C=O) groups is 1. The molecule has 7 N–H and O–H groups in total. The number of phenols is 7. The fraction of sp³-hybridized carbons (Fsp3) is 0.174. The first-order valence-electron chi connectivity index (χ1n) is 9.75. The summed E-state index contributed by atoms with van der Waals surface area (Å²) < 4.78 is 11.4. The first kappa shape index (κ1) is 21.8. The van der Waals surface area contributed by atoms with Crippen molar-refractivity contribution in [1.82, 2.24) is 0 Å². The number of rotatable bonds is 3. The standard InChI is InChI=1S/C23H20O10/c1-9-2-11(5-15(26)20(9)29)23(31)33-19-8-13-14(25)6-12(24)7-18(13)32-22(19)10-3-16(27)21(30)17(28)4-10/h2-7,19,22,24-30H,8H2,1H3/t19-,22+/m1/s1. The van der Waals surface area contributed by atoms with Gasteiger partial charge in [0.15, 0.2) is 34.9 Å². The van der Waals surface area contributed by atoms with Crippen molar-refractivity contribution in [3.05, 3.63) is 58.7 Å². The molecule has 0 aromatic heterocycles. The van der Waals surface area contributed by atoms with Crippen LogP contribution >= 0.6 is 0 Å². The van der Waals surface area contributed by atoms with Crippen LogP contribution in [-0.4, -0.2) is 47.8 Å². The van der Waals surface area contributed by atoms with Gasteiger partial charge in [-0.2, -0.15) is 0 Å². The van der Waals surface area contributed by atoms with Gasteiger partial charge in [-0.3, -0.25) is 0 Å². The third kappa shape index (κ3) is 3.93. The van der Waals surface area contributed by atoms with Crippen molar-refractivity contribution >= 4 is 5.97 Å². The quantitative estimate of drug-likeness (QED) is 0.229. The first-order chi connectivity index (χ1) is 15.5. The molecule has 0 spiro atoms. The minimum absolute atomic E-state index is 0.0568. The lowest BCUT2D eigenvalue weighted by Gasteiger charge is -2.34. The molecule has 0 bridgehead atoms. The van der Waals surface area contributed by atoms with Gasteiger partial charge in [0.2, 0.25) is 0 Å². The fourth-order valence-electron chi connectivity index (χ4n) is 3.71. The van der Waals surface area contributed by atoms with Gasteiger partial charge in [-0.05, 0) is 36.8 Å². The summed E-state index contributed by atoms with van der Waals surface area (Å²) >= 11 is 0. The van der Waals surface area contributed by atoms with E-state index in [9.17, 15) is 40.5 Å². The lowest BCUT2D eigenvalue weighted by atomic mass is 9.93. The molecule has 0 amide bonds. The third-order valence-corrected chi connectivity index (χ3v) is 5.36. The molecule has 1 aliphatic rings. The molecule has 0 saturated carbocycles. The van der Waals surface area contributed by atoms with Crippen LogP contribution in [0.1, 0.15) is 33.2 Å². The van der Waals surface area contributed by atoms with Gasteiger partial charge >= 0.3 is 5.97 Å². The van der Waals surface area contributed by atoms with Gasteiger partial charge < -0.3 is 45.2 Å². The Balaban J connectivity index is 1.75. The summed E-state index contributed by atoms with van der Waals surface area (Å²) in [5, 5.41) is 69.1. The Bertz CT molecular complexity index is 1220. The van der Waals surface area contributed by atoms with Crippen LogP contribution in [0.4, 0.5) is 0 Å². The van der Waals surface area contributed by atoms with E-state index in [2.05, 4.69) is 0 Å². The summed E-state index contributed by atoms with van der Waals surface area (Å²) in [6, 6.07) is 6.93. The fourth-order valence-corrected chi connectivity index (χ4v) is 3.71. The number of benzene rings is 3. The Morgan fingerprint density at radius 2 is 1.48 bits per heavy atom. The number of carbonyl (C=O) groups excluding carboxylic acids is 1. The van der Waals surface area contributed by atoms with Crippen LogP contribution < -0.4 is 4.74 Å². The van der Waals surface area contributed by atoms with Gasteiger partial charge in [0.25, 0.3) is 0 Å². The van der Waals surface area contributed by atoms with Crippen LogP contribution in [0.15, 0.2) is 36.4 Å². The summed E-state index contributed by atoms with van der Waals surface area (Å²) in [6.07, 6.45) is -2.28. The molecule has 33 heavy (non-hydrogen) atoms. The topological polar surface area (TPSA) is 177 Å². The number of ether oxygens (including phenoxy) is 2. The number of hydrogen-bond acceptors (Lipinski definition) is 10. The molecule has 1 aliphatic heterocycles. The molecule has 1 heterocycles. The van der Waals surface area contributed by atoms with E-state index in [1.807, 2.05) is 0 Å². The molecule has 2 atom stereocenters. The number of aryl methyl sites for hydroxylation is 1. The lowest BCUT2D eigenvalue weighted by Crippen LogP contribution is -2.34. The predicted octanol–water partition coefficient (Wildman–Crippen LogP) is 2.84. The highest BCUT2D eigenvalue weighted by molar-refractivity contribution is 5.90. The summed E-state index contributed by atoms with van der Waals surface area (Å²) in [4.78, 5) is 12.8. The Morgan fingerprint density at radius 1 is 0.848 bits per heavy atom. The molecule has 3 aromatic rings. The highest BCUT2D eigenvalue weighted by Gasteiger charge is 2.37. The predicted molar refractivity (Wildman–Crippen MR) is 112 cm³/mol. The zero-order valence-electron chi connectivity index (χ0n) is 17.2. The van der Waals surface area contributed by atoms with Crippen molar-refractivity contribution < 1.29 is 50.0 Å². The molecular weight excluding hydrogens is 436 g/mol. The second kappa shape index (κ2) is 7.90. The average Bonchev–Trinajstić information content (AvgIpc) is 2.75. The van der Waals surface area contributed by atoms with Gasteiger partial charge in [0.1, 0.15) is 23.4 Å². The van der Waals surface area contributed by atoms with Crippen molar-refractivity contribution in [3.63, 3.8) is 0 Å². The molecule has 3 aromatic carbocycles. The molecule has 0 radical (unpaired) electrons. The molecule has 172 valence electrons. The summed E-state index contributed by atoms with van der Waals surface area (Å²) in [5.74, 6) is -4.25. The van der Waals surface area contributed by atoms with Crippen LogP contribution in [0.25, 0.3) is 0 Å². The van der Waals surface area contributed by atoms with Crippen molar-refractivity contribution in [1.29, 1.82) is 0 Å². The molecule has 0 unspecified atom stereocenters. The Hall–Kier alpha value is -4.47. The minimum atomic E-state index is -1.12. The molecule has 4 rings (SSSR count). The van der Waals surface area contributed by atoms with Crippen LogP contribution in [0, 0.1) is 6.92 Å². The third-order valence-electron chi connectivity index (χ3n) is 5.36. The van der Waals surface area contributed by atoms with Crippen LogP contribution in [-0.2, 0) is 11.2 Å². The maximum absolute atomic E-state index is 12.8. The highest BCUT2D eigenvalue weighted by atomic mass is 16.6. The maximum atomic E-state index is 12.8. The van der Waals surface area contributed by atoms with E-state index in [0.717, 1.165) is 24.3 Å². The summed E-state index contributed by atoms with van der Waals surface area (Å²) in [6.45, 7) is 1.49. The molecule has 0 aliphatic carbocycles. The van der Waals surface area contributed by atoms with Gasteiger partial charge in [-0.1, -0.05) is 0 Å². The van der Waals surface area contributed by atoms with Crippen molar-refractivity contribution in [3.8, 4) is 46.0 Å². The van der Waals surface area contributed by atoms with E-state index >= 15 is 0 Å². The van der Waals surface area contributed by atoms with E-state index in [-0.39, 0.29) is 51.7 Å². The number of aromatic hydroxyl groups is 7. The highest BCUT2D eigenvalue weighted by Crippen LogP contribution is 2.45. The largest absolute Gasteiger partial charge is 0.508 e. The van der Waals surface area contributed by atoms with E-state index in [1.165, 1.54) is 19.1 Å². The van der Waals surface area contributed by atoms with Crippen LogP contribution in [0.2, 0.25) is 0 Å². The number of hydrogen-bond donors (Lipinski definition) is 7. The molecule has 0 saturated heterocycles. The number of esters is 1. The monoisotopic (exact) mass is 456 g/mol. The summed E-state index contributed by atoms with van der Waals surface area (Å²) in [7, 11) is 0. The van der Waals surface area contributed by atoms with Crippen molar-refractivity contribution in [2.24, 2.45) is 0 Å². The Labute approximate surface area is 186 Å². The van der Waals surface area contributed by atoms with Crippen LogP contribution in [0.3, 0.4) is 0 Å². The number of fused-ring (bicyclic) bond motifs is 1. The molecule has 10 nitrogen and oxygen atoms in total. The SMILES string of the molecule is Cc1cc(C(=O)O[C@@H]2Cc3c(O)cc(O)cc3O[C@H]2c2cc(O)c(O)c(O)c2)cc(O)c1O. The average molecular weight is 456 g/mol. The Morgan fingerprint density at radius 3 is 2.12 bits per heavy atom. The second-order valence-electron chi connectivity index (χ2n) is 7.70. The molecule has 0 fully saturated rings. The smallest absolute Gasteiger partial charge is 0.338 e. The van der Waals surface area contributed by atoms with Gasteiger partial charge in [0.05, 0.1) is 5.56 Å². The number of phenolic OH excluding ortho intramolecular Hbond substituents is 7. The van der Waals surface area contributed by atoms with E-state index < -0.39 is 41.2 Å². The Kier molecular flexibility index (Phi) is 5.21. The normalized spacial score (nSPS) is 17.1. The zero-order chi connectivity index (χ0) is 24.0. The van der Waals surface area contributed by atoms with E-state index in [0.29, 0.717) is 0 Å². The van der Waals surface area contributed by atoms with Gasteiger partial charge in [-0.15, -0.1) is 0 Å². The molecular formula is C23H20O10. The maximum Gasteiger partial charge on any atom is 0.338 e. The van der Waals surface area contributed by atoms with E-state index in [1.54, 1.807) is 0 Å². The minimum Gasteiger partial charge on any atom is -0.508 e. The van der Waals surface area contributed by atoms with E-state index in [4.69, 9.17) is 9.47 Å². The second-order valence-corrected chi connectivity index (χ2v) is 7.70.